The van der Waals surface area contributed by atoms with E-state index in [2.05, 4.69) is 10.9 Å². The molecule has 0 aromatic rings. The van der Waals surface area contributed by atoms with E-state index in [1.807, 2.05) is 6.08 Å². The van der Waals surface area contributed by atoms with Crippen molar-refractivity contribution in [2.75, 3.05) is 6.54 Å². The molecule has 2 aliphatic heterocycles. The summed E-state index contributed by atoms with van der Waals surface area (Å²) in [4.78, 5) is 0. The highest BCUT2D eigenvalue weighted by Gasteiger charge is 2.30. The fraction of sp³-hybridized carbons (Fsp3) is 0.333. The number of hydrogen-bond acceptors (Lipinski definition) is 4. The van der Waals surface area contributed by atoms with Gasteiger partial charge in [0.15, 0.2) is 11.5 Å². The summed E-state index contributed by atoms with van der Waals surface area (Å²) in [6, 6.07) is 0.369. The molecule has 0 bridgehead atoms. The van der Waals surface area contributed by atoms with Crippen molar-refractivity contribution in [1.82, 2.24) is 10.9 Å². The number of ether oxygens (including phenoxy) is 2. The Balaban J connectivity index is 2.06. The predicted octanol–water partition coefficient (Wildman–Crippen LogP) is 0.523. The molecule has 68 valence electrons. The standard InChI is InChI=1S/C9H10N2O2/c1-2-8-9(13-4-3-12-8)6-5-10-11-7(1)6/h2-4,7,10-11H,1,5H2. The second-order valence-corrected chi connectivity index (χ2v) is 3.22. The summed E-state index contributed by atoms with van der Waals surface area (Å²) in [6.07, 6.45) is 6.14. The molecule has 0 radical (unpaired) electrons. The van der Waals surface area contributed by atoms with Crippen LogP contribution in [0.2, 0.25) is 0 Å². The Kier molecular flexibility index (Phi) is 1.44. The van der Waals surface area contributed by atoms with E-state index in [1.54, 1.807) is 12.5 Å². The molecule has 1 saturated heterocycles. The quantitative estimate of drug-likeness (QED) is 0.567. The van der Waals surface area contributed by atoms with Gasteiger partial charge in [0.05, 0.1) is 6.04 Å². The van der Waals surface area contributed by atoms with Crippen molar-refractivity contribution in [3.05, 3.63) is 35.7 Å². The van der Waals surface area contributed by atoms with E-state index in [-0.39, 0.29) is 0 Å². The summed E-state index contributed by atoms with van der Waals surface area (Å²) in [5.41, 5.74) is 7.53. The predicted molar refractivity (Wildman–Crippen MR) is 46.0 cm³/mol. The maximum atomic E-state index is 5.42. The normalized spacial score (nSPS) is 30.2. The van der Waals surface area contributed by atoms with E-state index < -0.39 is 0 Å². The molecule has 3 aliphatic rings. The van der Waals surface area contributed by atoms with Crippen LogP contribution in [-0.2, 0) is 9.47 Å². The van der Waals surface area contributed by atoms with Crippen LogP contribution in [0.1, 0.15) is 6.42 Å². The van der Waals surface area contributed by atoms with E-state index >= 15 is 0 Å². The van der Waals surface area contributed by atoms with Gasteiger partial charge in [-0.25, -0.2) is 5.43 Å². The first kappa shape index (κ1) is 7.17. The Labute approximate surface area is 75.9 Å². The fourth-order valence-electron chi connectivity index (χ4n) is 1.83. The fourth-order valence-corrected chi connectivity index (χ4v) is 1.83. The molecular formula is C9H10N2O2. The molecule has 4 nitrogen and oxygen atoms in total. The lowest BCUT2D eigenvalue weighted by molar-refractivity contribution is 0.216. The van der Waals surface area contributed by atoms with Crippen molar-refractivity contribution in [2.45, 2.75) is 12.5 Å². The third kappa shape index (κ3) is 0.993. The van der Waals surface area contributed by atoms with Crippen LogP contribution in [0.15, 0.2) is 35.7 Å². The summed E-state index contributed by atoms with van der Waals surface area (Å²) in [6.45, 7) is 0.828. The molecule has 0 saturated carbocycles. The lowest BCUT2D eigenvalue weighted by atomic mass is 9.98. The number of fused-ring (bicyclic) bond motifs is 2. The van der Waals surface area contributed by atoms with E-state index in [0.717, 1.165) is 24.5 Å². The first-order valence-corrected chi connectivity index (χ1v) is 4.35. The van der Waals surface area contributed by atoms with Gasteiger partial charge in [-0.1, -0.05) is 0 Å². The molecule has 4 heteroatoms. The highest BCUT2D eigenvalue weighted by atomic mass is 16.6. The van der Waals surface area contributed by atoms with Crippen molar-refractivity contribution in [1.29, 1.82) is 0 Å². The van der Waals surface area contributed by atoms with E-state index in [4.69, 9.17) is 9.47 Å². The number of hydrazine groups is 1. The van der Waals surface area contributed by atoms with Gasteiger partial charge in [-0.2, -0.15) is 0 Å². The Morgan fingerprint density at radius 1 is 1.31 bits per heavy atom. The lowest BCUT2D eigenvalue weighted by Gasteiger charge is -2.23. The van der Waals surface area contributed by atoms with Gasteiger partial charge in [0.25, 0.3) is 0 Å². The summed E-state index contributed by atoms with van der Waals surface area (Å²) in [5.74, 6) is 1.72. The zero-order chi connectivity index (χ0) is 8.67. The number of hydrogen-bond donors (Lipinski definition) is 2. The summed E-state index contributed by atoms with van der Waals surface area (Å²) >= 11 is 0. The van der Waals surface area contributed by atoms with E-state index in [1.165, 1.54) is 5.57 Å². The molecule has 1 fully saturated rings. The second kappa shape index (κ2) is 2.61. The second-order valence-electron chi connectivity index (χ2n) is 3.22. The molecule has 1 unspecified atom stereocenters. The zero-order valence-electron chi connectivity index (χ0n) is 7.04. The minimum absolute atomic E-state index is 0.369. The summed E-state index contributed by atoms with van der Waals surface area (Å²) < 4.78 is 10.8. The third-order valence-corrected chi connectivity index (χ3v) is 2.47. The molecular weight excluding hydrogens is 168 g/mol. The maximum absolute atomic E-state index is 5.42. The molecule has 2 heterocycles. The van der Waals surface area contributed by atoms with Gasteiger partial charge in [-0.15, -0.1) is 0 Å². The molecule has 13 heavy (non-hydrogen) atoms. The van der Waals surface area contributed by atoms with Crippen LogP contribution in [0.25, 0.3) is 0 Å². The van der Waals surface area contributed by atoms with Crippen LogP contribution in [0, 0.1) is 0 Å². The maximum Gasteiger partial charge on any atom is 0.170 e. The Bertz CT molecular complexity index is 331. The number of nitrogens with one attached hydrogen (secondary N) is 2. The van der Waals surface area contributed by atoms with Crippen LogP contribution < -0.4 is 10.9 Å². The van der Waals surface area contributed by atoms with Crippen molar-refractivity contribution in [3.63, 3.8) is 0 Å². The van der Waals surface area contributed by atoms with Gasteiger partial charge in [0, 0.05) is 12.1 Å². The Hall–Kier alpha value is -1.26. The van der Waals surface area contributed by atoms with E-state index in [0.29, 0.717) is 6.04 Å². The minimum atomic E-state index is 0.369. The molecule has 1 atom stereocenters. The molecule has 3 rings (SSSR count). The highest BCUT2D eigenvalue weighted by Crippen LogP contribution is 2.31. The van der Waals surface area contributed by atoms with Gasteiger partial charge < -0.3 is 9.47 Å². The van der Waals surface area contributed by atoms with Crippen LogP contribution >= 0.6 is 0 Å². The van der Waals surface area contributed by atoms with Crippen LogP contribution in [0.5, 0.6) is 0 Å². The van der Waals surface area contributed by atoms with Crippen molar-refractivity contribution in [2.24, 2.45) is 0 Å². The summed E-state index contributed by atoms with van der Waals surface area (Å²) in [5, 5.41) is 0. The van der Waals surface area contributed by atoms with E-state index in [9.17, 15) is 0 Å². The van der Waals surface area contributed by atoms with Crippen molar-refractivity contribution in [3.8, 4) is 0 Å². The Morgan fingerprint density at radius 3 is 3.23 bits per heavy atom. The van der Waals surface area contributed by atoms with Crippen LogP contribution in [0.3, 0.4) is 0 Å². The molecule has 1 aliphatic carbocycles. The Morgan fingerprint density at radius 2 is 2.23 bits per heavy atom. The topological polar surface area (TPSA) is 42.5 Å². The van der Waals surface area contributed by atoms with Gasteiger partial charge in [-0.3, -0.25) is 5.43 Å². The van der Waals surface area contributed by atoms with Crippen molar-refractivity contribution >= 4 is 0 Å². The molecule has 0 aromatic carbocycles. The average Bonchev–Trinajstić information content (AvgIpc) is 2.65. The van der Waals surface area contributed by atoms with Gasteiger partial charge in [0.1, 0.15) is 12.5 Å². The van der Waals surface area contributed by atoms with Crippen LogP contribution in [0.4, 0.5) is 0 Å². The molecule has 0 spiro atoms. The van der Waals surface area contributed by atoms with Gasteiger partial charge in [0.2, 0.25) is 0 Å². The molecule has 2 N–H and O–H groups in total. The average molecular weight is 178 g/mol. The third-order valence-electron chi connectivity index (χ3n) is 2.47. The van der Waals surface area contributed by atoms with Gasteiger partial charge >= 0.3 is 0 Å². The highest BCUT2D eigenvalue weighted by molar-refractivity contribution is 5.38. The zero-order valence-corrected chi connectivity index (χ0v) is 7.04. The largest absolute Gasteiger partial charge is 0.458 e. The molecule has 0 aromatic heterocycles. The monoisotopic (exact) mass is 178 g/mol. The first-order chi connectivity index (χ1) is 6.45. The first-order valence-electron chi connectivity index (χ1n) is 4.35. The smallest absolute Gasteiger partial charge is 0.170 e. The van der Waals surface area contributed by atoms with Crippen LogP contribution in [-0.4, -0.2) is 12.6 Å². The minimum Gasteiger partial charge on any atom is -0.458 e. The summed E-state index contributed by atoms with van der Waals surface area (Å²) in [7, 11) is 0. The molecule has 0 amide bonds. The SMILES string of the molecule is C1=COC2=C3CNNC3CC=C2O1. The number of rotatable bonds is 0. The lowest BCUT2D eigenvalue weighted by Crippen LogP contribution is -2.31. The van der Waals surface area contributed by atoms with Crippen molar-refractivity contribution < 1.29 is 9.47 Å². The van der Waals surface area contributed by atoms with Gasteiger partial charge in [-0.05, 0) is 12.5 Å².